The molecule has 6 heteroatoms. The zero-order valence-electron chi connectivity index (χ0n) is 12.7. The van der Waals surface area contributed by atoms with E-state index in [4.69, 9.17) is 15.3 Å². The van der Waals surface area contributed by atoms with Crippen molar-refractivity contribution in [3.63, 3.8) is 0 Å². The Balaban J connectivity index is -0.0000000956. The third-order valence-electron chi connectivity index (χ3n) is 1.35. The van der Waals surface area contributed by atoms with Gasteiger partial charge in [-0.2, -0.15) is 0 Å². The van der Waals surface area contributed by atoms with Crippen LogP contribution in [0.25, 0.3) is 0 Å². The van der Waals surface area contributed by atoms with E-state index in [0.717, 1.165) is 4.40 Å². The molecule has 0 aliphatic rings. The summed E-state index contributed by atoms with van der Waals surface area (Å²) in [5, 5.41) is 22.7. The quantitative estimate of drug-likeness (QED) is 0.484. The van der Waals surface area contributed by atoms with Crippen molar-refractivity contribution in [1.82, 2.24) is 0 Å². The van der Waals surface area contributed by atoms with Crippen LogP contribution in [0, 0.1) is 0 Å². The number of hydrogen-bond donors (Lipinski definition) is 3. The van der Waals surface area contributed by atoms with E-state index in [1.807, 2.05) is 24.3 Å². The van der Waals surface area contributed by atoms with Crippen molar-refractivity contribution in [2.45, 2.75) is 32.3 Å². The molecule has 0 aliphatic carbocycles. The minimum Gasteiger partial charge on any atom is 0 e. The summed E-state index contributed by atoms with van der Waals surface area (Å²) in [6.45, 7) is 5.79. The van der Waals surface area contributed by atoms with Crippen molar-refractivity contribution >= 4 is 18.1 Å². The second kappa shape index (κ2) is 20.9. The van der Waals surface area contributed by atoms with Gasteiger partial charge in [0.2, 0.25) is 0 Å². The van der Waals surface area contributed by atoms with Gasteiger partial charge in [0.1, 0.15) is 0 Å². The summed E-state index contributed by atoms with van der Waals surface area (Å²) in [6, 6.07) is 7.53. The monoisotopic (exact) mass is 415 g/mol. The van der Waals surface area contributed by atoms with Gasteiger partial charge in [0.05, 0.1) is 0 Å². The van der Waals surface area contributed by atoms with Crippen molar-refractivity contribution in [3.8, 4) is 0 Å². The average Bonchev–Trinajstić information content (AvgIpc) is 2.72. The maximum Gasteiger partial charge on any atom is 0 e. The fourth-order valence-electron chi connectivity index (χ4n) is 0.770. The van der Waals surface area contributed by atoms with Crippen LogP contribution in [0.3, 0.4) is 0 Å². The van der Waals surface area contributed by atoms with Crippen LogP contribution in [0.4, 0.5) is 3.50 Å². The van der Waals surface area contributed by atoms with Crippen molar-refractivity contribution in [3.05, 3.63) is 24.3 Å². The Hall–Kier alpha value is 0.586. The molecular formula is C13H28FGeO3Zr-. The zero-order chi connectivity index (χ0) is 15.0. The molecule has 0 atom stereocenters. The number of aliphatic hydroxyl groups excluding tert-OH is 3. The first kappa shape index (κ1) is 27.9. The molecule has 1 rings (SSSR count). The predicted molar refractivity (Wildman–Crippen MR) is 78.5 cm³/mol. The molecule has 0 unspecified atom stereocenters. The van der Waals surface area contributed by atoms with E-state index in [0.29, 0.717) is 0 Å². The van der Waals surface area contributed by atoms with E-state index in [1.54, 1.807) is 32.3 Å². The fraction of sp³-hybridized carbons (Fsp3) is 0.615. The molecule has 0 saturated carbocycles. The summed E-state index contributed by atoms with van der Waals surface area (Å²) in [6.07, 6.45) is 0. The van der Waals surface area contributed by atoms with Crippen LogP contribution >= 0.6 is 0 Å². The summed E-state index contributed by atoms with van der Waals surface area (Å²) in [5.41, 5.74) is 0. The van der Waals surface area contributed by atoms with E-state index < -0.39 is 13.7 Å². The summed E-state index contributed by atoms with van der Waals surface area (Å²) >= 11 is -2.94. The van der Waals surface area contributed by atoms with Gasteiger partial charge in [-0.1, -0.05) is 0 Å². The maximum atomic E-state index is 13.1. The Kier molecular flexibility index (Phi) is 30.6. The second-order valence-electron chi connectivity index (χ2n) is 3.59. The summed E-state index contributed by atoms with van der Waals surface area (Å²) in [7, 11) is 0. The first-order valence-electron chi connectivity index (χ1n) is 6.09. The van der Waals surface area contributed by atoms with Gasteiger partial charge < -0.3 is 15.3 Å². The SMILES string of the molecule is CCO.CCO.CCO.[CH3][Ge]([CH3])([F])[c-]1cccc1.[Zr]. The van der Waals surface area contributed by atoms with E-state index in [2.05, 4.69) is 0 Å². The Morgan fingerprint density at radius 2 is 1.11 bits per heavy atom. The minimum absolute atomic E-state index is 0. The molecule has 19 heavy (non-hydrogen) atoms. The van der Waals surface area contributed by atoms with Gasteiger partial charge in [0.15, 0.2) is 0 Å². The van der Waals surface area contributed by atoms with Crippen molar-refractivity contribution in [1.29, 1.82) is 0 Å². The standard InChI is InChI=1S/C7H10FGe.3C2H6O.Zr/c1-9(2,8)7-5-3-4-6-7;3*1-2-3;/h3-6H,1-2H3;3*3H,2H2,1H3;/q-1;;;;. The van der Waals surface area contributed by atoms with Crippen LogP contribution in [0.1, 0.15) is 20.8 Å². The molecule has 114 valence electrons. The van der Waals surface area contributed by atoms with Gasteiger partial charge >= 0.3 is 57.4 Å². The Bertz CT molecular complexity index is 222. The number of hydrogen-bond acceptors (Lipinski definition) is 3. The normalized spacial score (nSPS) is 8.47. The molecule has 1 aromatic carbocycles. The smallest absolute Gasteiger partial charge is 0 e. The minimum atomic E-state index is -2.94. The summed E-state index contributed by atoms with van der Waals surface area (Å²) < 4.78 is 14.1. The molecule has 0 aliphatic heterocycles. The van der Waals surface area contributed by atoms with Crippen molar-refractivity contribution in [2.75, 3.05) is 19.8 Å². The Morgan fingerprint density at radius 1 is 0.895 bits per heavy atom. The molecule has 0 heterocycles. The number of rotatable bonds is 1. The van der Waals surface area contributed by atoms with Gasteiger partial charge in [-0.3, -0.25) is 0 Å². The molecule has 0 radical (unpaired) electrons. The first-order chi connectivity index (χ1) is 8.35. The summed E-state index contributed by atoms with van der Waals surface area (Å²) in [4.78, 5) is 0. The van der Waals surface area contributed by atoms with Gasteiger partial charge in [-0.25, -0.2) is 0 Å². The topological polar surface area (TPSA) is 60.7 Å². The summed E-state index contributed by atoms with van der Waals surface area (Å²) in [5.74, 6) is 3.49. The van der Waals surface area contributed by atoms with E-state index in [-0.39, 0.29) is 46.0 Å². The van der Waals surface area contributed by atoms with E-state index in [9.17, 15) is 3.50 Å². The Morgan fingerprint density at radius 3 is 1.21 bits per heavy atom. The molecule has 3 N–H and O–H groups in total. The first-order valence-corrected chi connectivity index (χ1v) is 12.1. The van der Waals surface area contributed by atoms with E-state index >= 15 is 0 Å². The molecular weight excluding hydrogens is 387 g/mol. The van der Waals surface area contributed by atoms with Gasteiger partial charge in [-0.05, 0) is 20.8 Å². The molecule has 0 fully saturated rings. The maximum absolute atomic E-state index is 13.1. The number of halogens is 1. The molecule has 0 aromatic heterocycles. The largest absolute Gasteiger partial charge is 0 e. The van der Waals surface area contributed by atoms with Gasteiger partial charge in [-0.15, -0.1) is 0 Å². The molecule has 0 bridgehead atoms. The molecule has 3 nitrogen and oxygen atoms in total. The van der Waals surface area contributed by atoms with Crippen LogP contribution in [0.2, 0.25) is 11.5 Å². The molecule has 0 saturated heterocycles. The fourth-order valence-corrected chi connectivity index (χ4v) is 2.84. The van der Waals surface area contributed by atoms with Crippen LogP contribution in [0.5, 0.6) is 0 Å². The van der Waals surface area contributed by atoms with Crippen LogP contribution in [-0.2, 0) is 26.2 Å². The number of aliphatic hydroxyl groups is 3. The van der Waals surface area contributed by atoms with E-state index in [1.165, 1.54) is 0 Å². The van der Waals surface area contributed by atoms with Crippen LogP contribution in [0.15, 0.2) is 24.3 Å². The molecule has 1 aromatic rings. The van der Waals surface area contributed by atoms with Crippen LogP contribution < -0.4 is 4.40 Å². The third kappa shape index (κ3) is 27.7. The van der Waals surface area contributed by atoms with Crippen molar-refractivity contribution < 1.29 is 45.0 Å². The van der Waals surface area contributed by atoms with Gasteiger partial charge in [0, 0.05) is 46.0 Å². The molecule has 0 spiro atoms. The second-order valence-corrected chi connectivity index (χ2v) is 11.0. The van der Waals surface area contributed by atoms with Crippen LogP contribution in [-0.4, -0.2) is 48.9 Å². The zero-order valence-corrected chi connectivity index (χ0v) is 17.2. The Labute approximate surface area is 139 Å². The van der Waals surface area contributed by atoms with Crippen molar-refractivity contribution in [2.24, 2.45) is 0 Å². The predicted octanol–water partition coefficient (Wildman–Crippen LogP) is 1.78. The average molecular weight is 415 g/mol. The molecule has 0 amide bonds. The third-order valence-corrected chi connectivity index (χ3v) is 4.93. The van der Waals surface area contributed by atoms with Gasteiger partial charge in [0.25, 0.3) is 0 Å².